The summed E-state index contributed by atoms with van der Waals surface area (Å²) in [5.41, 5.74) is 7.99. The summed E-state index contributed by atoms with van der Waals surface area (Å²) in [6.45, 7) is 1.94. The van der Waals surface area contributed by atoms with Crippen LogP contribution in [0.2, 0.25) is 0 Å². The molecule has 0 N–H and O–H groups in total. The fourth-order valence-electron chi connectivity index (χ4n) is 0.620. The molecule has 1 atom stereocenters. The summed E-state index contributed by atoms with van der Waals surface area (Å²) >= 11 is 3.18. The number of rotatable bonds is 4. The van der Waals surface area contributed by atoms with E-state index in [1.54, 1.807) is 6.92 Å². The van der Waals surface area contributed by atoms with E-state index in [2.05, 4.69) is 30.7 Å². The van der Waals surface area contributed by atoms with Crippen molar-refractivity contribution in [3.8, 4) is 0 Å². The molecule has 0 spiro atoms. The molecule has 5 nitrogen and oxygen atoms in total. The lowest BCUT2D eigenvalue weighted by Gasteiger charge is -2.17. The van der Waals surface area contributed by atoms with Gasteiger partial charge in [0.2, 0.25) is 0 Å². The van der Waals surface area contributed by atoms with Crippen molar-refractivity contribution in [2.24, 2.45) is 5.11 Å². The maximum absolute atomic E-state index is 11.0. The summed E-state index contributed by atoms with van der Waals surface area (Å²) in [4.78, 5) is 13.6. The zero-order chi connectivity index (χ0) is 9.61. The first-order valence-corrected chi connectivity index (χ1v) is 4.12. The van der Waals surface area contributed by atoms with Crippen molar-refractivity contribution >= 4 is 21.9 Å². The first kappa shape index (κ1) is 11.3. The minimum Gasteiger partial charge on any atom is -0.468 e. The SMILES string of the molecule is COC(=O)C(C)(Br)CCN=[N+]=[N-]. The van der Waals surface area contributed by atoms with Crippen LogP contribution < -0.4 is 0 Å². The van der Waals surface area contributed by atoms with Crippen LogP contribution in [0.1, 0.15) is 13.3 Å². The molecular weight excluding hydrogens is 226 g/mol. The first-order chi connectivity index (χ1) is 5.54. The number of ether oxygens (including phenoxy) is 1. The van der Waals surface area contributed by atoms with Gasteiger partial charge in [0.1, 0.15) is 4.32 Å². The van der Waals surface area contributed by atoms with Gasteiger partial charge >= 0.3 is 5.97 Å². The molecule has 0 saturated carbocycles. The largest absolute Gasteiger partial charge is 0.468 e. The number of hydrogen-bond donors (Lipinski definition) is 0. The van der Waals surface area contributed by atoms with Crippen molar-refractivity contribution in [1.29, 1.82) is 0 Å². The number of carbonyl (C=O) groups excluding carboxylic acids is 1. The normalized spacial score (nSPS) is 14.2. The van der Waals surface area contributed by atoms with Crippen molar-refractivity contribution in [2.75, 3.05) is 13.7 Å². The van der Waals surface area contributed by atoms with E-state index in [0.717, 1.165) is 0 Å². The number of halogens is 1. The average molecular weight is 236 g/mol. The molecule has 0 aromatic rings. The van der Waals surface area contributed by atoms with Gasteiger partial charge in [-0.1, -0.05) is 21.0 Å². The topological polar surface area (TPSA) is 75.1 Å². The van der Waals surface area contributed by atoms with Gasteiger partial charge in [-0.2, -0.15) is 0 Å². The van der Waals surface area contributed by atoms with Crippen LogP contribution in [0, 0.1) is 0 Å². The van der Waals surface area contributed by atoms with E-state index < -0.39 is 4.32 Å². The fourth-order valence-corrected chi connectivity index (χ4v) is 0.959. The van der Waals surface area contributed by atoms with Gasteiger partial charge in [-0.05, 0) is 18.9 Å². The number of hydrogen-bond acceptors (Lipinski definition) is 3. The van der Waals surface area contributed by atoms with Gasteiger partial charge in [0.05, 0.1) is 7.11 Å². The zero-order valence-electron chi connectivity index (χ0n) is 6.95. The van der Waals surface area contributed by atoms with E-state index in [9.17, 15) is 4.79 Å². The smallest absolute Gasteiger partial charge is 0.322 e. The lowest BCUT2D eigenvalue weighted by atomic mass is 10.1. The van der Waals surface area contributed by atoms with Crippen molar-refractivity contribution in [2.45, 2.75) is 17.7 Å². The van der Waals surface area contributed by atoms with E-state index in [1.807, 2.05) is 0 Å². The zero-order valence-corrected chi connectivity index (χ0v) is 8.54. The molecule has 12 heavy (non-hydrogen) atoms. The van der Waals surface area contributed by atoms with Gasteiger partial charge in [0, 0.05) is 11.5 Å². The predicted molar refractivity (Wildman–Crippen MR) is 48.0 cm³/mol. The quantitative estimate of drug-likeness (QED) is 0.246. The van der Waals surface area contributed by atoms with Gasteiger partial charge in [-0.3, -0.25) is 4.79 Å². The number of carbonyl (C=O) groups is 1. The molecule has 0 aliphatic carbocycles. The predicted octanol–water partition coefficient (Wildman–Crippen LogP) is 2.01. The van der Waals surface area contributed by atoms with Crippen molar-refractivity contribution in [1.82, 2.24) is 0 Å². The third kappa shape index (κ3) is 3.59. The standard InChI is InChI=1S/C6H10BrN3O2/c1-6(7,5(11)12-2)3-4-9-10-8/h3-4H2,1-2H3. The Morgan fingerprint density at radius 1 is 1.83 bits per heavy atom. The van der Waals surface area contributed by atoms with Crippen molar-refractivity contribution in [3.05, 3.63) is 10.4 Å². The Morgan fingerprint density at radius 3 is 2.83 bits per heavy atom. The van der Waals surface area contributed by atoms with Crippen LogP contribution in [-0.4, -0.2) is 23.9 Å². The Morgan fingerprint density at radius 2 is 2.42 bits per heavy atom. The van der Waals surface area contributed by atoms with Gasteiger partial charge in [-0.15, -0.1) is 0 Å². The van der Waals surface area contributed by atoms with Crippen LogP contribution >= 0.6 is 15.9 Å². The molecule has 0 bridgehead atoms. The number of methoxy groups -OCH3 is 1. The maximum Gasteiger partial charge on any atom is 0.322 e. The first-order valence-electron chi connectivity index (χ1n) is 3.33. The van der Waals surface area contributed by atoms with Crippen LogP contribution in [0.25, 0.3) is 10.4 Å². The second kappa shape index (κ2) is 5.00. The van der Waals surface area contributed by atoms with Crippen LogP contribution in [0.15, 0.2) is 5.11 Å². The van der Waals surface area contributed by atoms with E-state index >= 15 is 0 Å². The van der Waals surface area contributed by atoms with Crippen LogP contribution in [0.3, 0.4) is 0 Å². The van der Waals surface area contributed by atoms with Crippen LogP contribution in [0.5, 0.6) is 0 Å². The van der Waals surface area contributed by atoms with Gasteiger partial charge in [0.15, 0.2) is 0 Å². The number of nitrogens with zero attached hydrogens (tertiary/aromatic N) is 3. The van der Waals surface area contributed by atoms with E-state index in [0.29, 0.717) is 6.42 Å². The summed E-state index contributed by atoms with van der Waals surface area (Å²) in [7, 11) is 1.31. The highest BCUT2D eigenvalue weighted by Crippen LogP contribution is 2.23. The monoisotopic (exact) mass is 235 g/mol. The molecule has 0 heterocycles. The lowest BCUT2D eigenvalue weighted by molar-refractivity contribution is -0.142. The third-order valence-corrected chi connectivity index (χ3v) is 2.08. The second-order valence-corrected chi connectivity index (χ2v) is 4.14. The van der Waals surface area contributed by atoms with Gasteiger partial charge in [0.25, 0.3) is 0 Å². The Hall–Kier alpha value is -0.740. The van der Waals surface area contributed by atoms with Crippen LogP contribution in [0.4, 0.5) is 0 Å². The fraction of sp³-hybridized carbons (Fsp3) is 0.833. The summed E-state index contributed by atoms with van der Waals surface area (Å²) in [6.07, 6.45) is 0.420. The molecule has 0 aliphatic rings. The molecule has 0 radical (unpaired) electrons. The number of esters is 1. The Bertz CT molecular complexity index is 211. The average Bonchev–Trinajstić information content (AvgIpc) is 2.03. The van der Waals surface area contributed by atoms with Gasteiger partial charge < -0.3 is 4.74 Å². The molecule has 0 saturated heterocycles. The van der Waals surface area contributed by atoms with Crippen molar-refractivity contribution < 1.29 is 9.53 Å². The molecule has 0 aromatic carbocycles. The second-order valence-electron chi connectivity index (χ2n) is 2.39. The molecule has 0 aromatic heterocycles. The molecule has 0 fully saturated rings. The maximum atomic E-state index is 11.0. The molecular formula is C6H10BrN3O2. The van der Waals surface area contributed by atoms with E-state index in [1.165, 1.54) is 7.11 Å². The molecule has 0 amide bonds. The highest BCUT2D eigenvalue weighted by Gasteiger charge is 2.29. The van der Waals surface area contributed by atoms with Crippen LogP contribution in [-0.2, 0) is 9.53 Å². The Labute approximate surface area is 78.8 Å². The highest BCUT2D eigenvalue weighted by molar-refractivity contribution is 9.10. The summed E-state index contributed by atoms with van der Waals surface area (Å²) in [5.74, 6) is -0.365. The summed E-state index contributed by atoms with van der Waals surface area (Å²) in [5, 5.41) is 3.32. The third-order valence-electron chi connectivity index (χ3n) is 1.36. The molecule has 0 rings (SSSR count). The number of azide groups is 1. The van der Waals surface area contributed by atoms with Crippen molar-refractivity contribution in [3.63, 3.8) is 0 Å². The van der Waals surface area contributed by atoms with E-state index in [-0.39, 0.29) is 12.5 Å². The van der Waals surface area contributed by atoms with E-state index in [4.69, 9.17) is 5.53 Å². The number of alkyl halides is 1. The van der Waals surface area contributed by atoms with Gasteiger partial charge in [-0.25, -0.2) is 0 Å². The summed E-state index contributed by atoms with van der Waals surface area (Å²) in [6, 6.07) is 0. The molecule has 1 unspecified atom stereocenters. The minimum atomic E-state index is -0.754. The Balaban J connectivity index is 4.03. The Kier molecular flexibility index (Phi) is 4.70. The summed E-state index contributed by atoms with van der Waals surface area (Å²) < 4.78 is 3.77. The molecule has 68 valence electrons. The highest BCUT2D eigenvalue weighted by atomic mass is 79.9. The molecule has 6 heteroatoms. The lowest BCUT2D eigenvalue weighted by Crippen LogP contribution is -2.30. The minimum absolute atomic E-state index is 0.271. The molecule has 0 aliphatic heterocycles.